The van der Waals surface area contributed by atoms with Crippen molar-refractivity contribution in [3.05, 3.63) is 23.6 Å². The molecule has 0 aromatic rings. The third-order valence-corrected chi connectivity index (χ3v) is 3.40. The number of allylic oxidation sites excluding steroid dienone is 4. The van der Waals surface area contributed by atoms with Crippen molar-refractivity contribution < 1.29 is 4.39 Å². The zero-order valence-electron chi connectivity index (χ0n) is 8.86. The Morgan fingerprint density at radius 1 is 1.38 bits per heavy atom. The molecule has 0 saturated heterocycles. The lowest BCUT2D eigenvalue weighted by atomic mass is 9.74. The molecule has 0 unspecified atom stereocenters. The minimum Gasteiger partial charge on any atom is -0.207 e. The van der Waals surface area contributed by atoms with Crippen molar-refractivity contribution in [2.24, 2.45) is 5.41 Å². The molecule has 0 radical (unpaired) electrons. The van der Waals surface area contributed by atoms with Gasteiger partial charge in [0.25, 0.3) is 0 Å². The Bertz CT molecular complexity index is 232. The molecule has 1 rings (SSSR count). The van der Waals surface area contributed by atoms with Crippen LogP contribution < -0.4 is 0 Å². The summed E-state index contributed by atoms with van der Waals surface area (Å²) < 4.78 is 13.0. The third kappa shape index (κ3) is 2.20. The van der Waals surface area contributed by atoms with Gasteiger partial charge in [-0.2, -0.15) is 0 Å². The fourth-order valence-corrected chi connectivity index (χ4v) is 1.84. The Balaban J connectivity index is 2.86. The van der Waals surface area contributed by atoms with Crippen LogP contribution in [0.1, 0.15) is 46.5 Å². The second kappa shape index (κ2) is 4.08. The maximum atomic E-state index is 13.0. The molecule has 0 aromatic carbocycles. The summed E-state index contributed by atoms with van der Waals surface area (Å²) in [6, 6.07) is 0. The van der Waals surface area contributed by atoms with Crippen LogP contribution in [0.15, 0.2) is 23.6 Å². The summed E-state index contributed by atoms with van der Waals surface area (Å²) in [5.41, 5.74) is 1.50. The summed E-state index contributed by atoms with van der Waals surface area (Å²) in [7, 11) is 0. The lowest BCUT2D eigenvalue weighted by Crippen LogP contribution is -2.18. The molecular formula is C12H19F. The van der Waals surface area contributed by atoms with Crippen molar-refractivity contribution >= 4 is 0 Å². The zero-order chi connectivity index (χ0) is 9.90. The highest BCUT2D eigenvalue weighted by atomic mass is 19.1. The van der Waals surface area contributed by atoms with Crippen LogP contribution in [0.25, 0.3) is 0 Å². The average Bonchev–Trinajstić information content (AvgIpc) is 2.17. The maximum absolute atomic E-state index is 13.0. The predicted octanol–water partition coefficient (Wildman–Crippen LogP) is 4.39. The fourth-order valence-electron chi connectivity index (χ4n) is 1.84. The molecule has 0 saturated carbocycles. The highest BCUT2D eigenvalue weighted by Gasteiger charge is 2.25. The van der Waals surface area contributed by atoms with Crippen molar-refractivity contribution in [2.45, 2.75) is 46.5 Å². The van der Waals surface area contributed by atoms with Crippen LogP contribution >= 0.6 is 0 Å². The molecule has 0 N–H and O–H groups in total. The SMILES string of the molecule is CCC(C)(CC)C1=CC(F)=CCC1. The van der Waals surface area contributed by atoms with E-state index in [1.54, 1.807) is 12.2 Å². The van der Waals surface area contributed by atoms with Gasteiger partial charge in [-0.3, -0.25) is 0 Å². The summed E-state index contributed by atoms with van der Waals surface area (Å²) in [4.78, 5) is 0. The third-order valence-electron chi connectivity index (χ3n) is 3.40. The second-order valence-corrected chi connectivity index (χ2v) is 4.07. The summed E-state index contributed by atoms with van der Waals surface area (Å²) in [6.07, 6.45) is 7.51. The molecule has 0 bridgehead atoms. The van der Waals surface area contributed by atoms with E-state index < -0.39 is 0 Å². The van der Waals surface area contributed by atoms with Crippen molar-refractivity contribution in [3.63, 3.8) is 0 Å². The Hall–Kier alpha value is -0.590. The van der Waals surface area contributed by atoms with Crippen LogP contribution in [0.2, 0.25) is 0 Å². The number of rotatable bonds is 3. The number of hydrogen-bond donors (Lipinski definition) is 0. The van der Waals surface area contributed by atoms with E-state index in [1.165, 1.54) is 5.57 Å². The van der Waals surface area contributed by atoms with E-state index in [4.69, 9.17) is 0 Å². The molecule has 0 atom stereocenters. The normalized spacial score (nSPS) is 18.2. The van der Waals surface area contributed by atoms with Gasteiger partial charge < -0.3 is 0 Å². The van der Waals surface area contributed by atoms with E-state index in [-0.39, 0.29) is 11.2 Å². The molecule has 0 fully saturated rings. The van der Waals surface area contributed by atoms with Gasteiger partial charge in [0.1, 0.15) is 5.83 Å². The lowest BCUT2D eigenvalue weighted by Gasteiger charge is -2.31. The average molecular weight is 182 g/mol. The highest BCUT2D eigenvalue weighted by molar-refractivity contribution is 5.27. The minimum absolute atomic E-state index is 0.0469. The molecule has 1 aliphatic rings. The maximum Gasteiger partial charge on any atom is 0.119 e. The van der Waals surface area contributed by atoms with Gasteiger partial charge in [0.05, 0.1) is 0 Å². The van der Waals surface area contributed by atoms with Crippen LogP contribution in [0.4, 0.5) is 4.39 Å². The van der Waals surface area contributed by atoms with Gasteiger partial charge in [-0.15, -0.1) is 0 Å². The van der Waals surface area contributed by atoms with Gasteiger partial charge in [-0.25, -0.2) is 4.39 Å². The molecule has 1 heteroatoms. The van der Waals surface area contributed by atoms with E-state index in [9.17, 15) is 4.39 Å². The van der Waals surface area contributed by atoms with Crippen LogP contribution in [-0.2, 0) is 0 Å². The topological polar surface area (TPSA) is 0 Å². The number of halogens is 1. The molecule has 0 aliphatic heterocycles. The smallest absolute Gasteiger partial charge is 0.119 e. The summed E-state index contributed by atoms with van der Waals surface area (Å²) in [6.45, 7) is 6.60. The largest absolute Gasteiger partial charge is 0.207 e. The molecule has 1 aliphatic carbocycles. The van der Waals surface area contributed by atoms with E-state index in [1.807, 2.05) is 0 Å². The summed E-state index contributed by atoms with van der Waals surface area (Å²) in [5, 5.41) is 0. The fraction of sp³-hybridized carbons (Fsp3) is 0.667. The Morgan fingerprint density at radius 2 is 2.00 bits per heavy atom. The Labute approximate surface area is 80.5 Å². The predicted molar refractivity (Wildman–Crippen MR) is 55.2 cm³/mol. The van der Waals surface area contributed by atoms with Crippen LogP contribution in [0.3, 0.4) is 0 Å². The molecular weight excluding hydrogens is 163 g/mol. The number of hydrogen-bond acceptors (Lipinski definition) is 0. The van der Waals surface area contributed by atoms with E-state index in [2.05, 4.69) is 20.8 Å². The van der Waals surface area contributed by atoms with Gasteiger partial charge in [-0.1, -0.05) is 26.3 Å². The van der Waals surface area contributed by atoms with Crippen molar-refractivity contribution in [3.8, 4) is 0 Å². The first kappa shape index (κ1) is 10.5. The van der Waals surface area contributed by atoms with E-state index in [0.717, 1.165) is 25.7 Å². The minimum atomic E-state index is -0.0469. The van der Waals surface area contributed by atoms with Crippen molar-refractivity contribution in [2.75, 3.05) is 0 Å². The van der Waals surface area contributed by atoms with Gasteiger partial charge in [-0.05, 0) is 43.3 Å². The first-order valence-corrected chi connectivity index (χ1v) is 5.19. The molecule has 0 aromatic heterocycles. The van der Waals surface area contributed by atoms with Gasteiger partial charge >= 0.3 is 0 Å². The molecule has 74 valence electrons. The zero-order valence-corrected chi connectivity index (χ0v) is 8.86. The summed E-state index contributed by atoms with van der Waals surface area (Å²) >= 11 is 0. The second-order valence-electron chi connectivity index (χ2n) is 4.07. The van der Waals surface area contributed by atoms with Crippen LogP contribution in [0.5, 0.6) is 0 Å². The Morgan fingerprint density at radius 3 is 2.46 bits per heavy atom. The van der Waals surface area contributed by atoms with Crippen LogP contribution in [-0.4, -0.2) is 0 Å². The van der Waals surface area contributed by atoms with E-state index >= 15 is 0 Å². The standard InChI is InChI=1S/C12H19F/c1-4-12(3,5-2)10-7-6-8-11(13)9-10/h8-9H,4-7H2,1-3H3. The molecule has 0 heterocycles. The van der Waals surface area contributed by atoms with Crippen molar-refractivity contribution in [1.82, 2.24) is 0 Å². The lowest BCUT2D eigenvalue weighted by molar-refractivity contribution is 0.352. The van der Waals surface area contributed by atoms with E-state index in [0.29, 0.717) is 0 Å². The molecule has 0 spiro atoms. The van der Waals surface area contributed by atoms with Gasteiger partial charge in [0, 0.05) is 0 Å². The van der Waals surface area contributed by atoms with Crippen molar-refractivity contribution in [1.29, 1.82) is 0 Å². The highest BCUT2D eigenvalue weighted by Crippen LogP contribution is 2.39. The first-order valence-electron chi connectivity index (χ1n) is 5.19. The molecule has 0 nitrogen and oxygen atoms in total. The first-order chi connectivity index (χ1) is 6.12. The quantitative estimate of drug-likeness (QED) is 0.607. The van der Waals surface area contributed by atoms with Gasteiger partial charge in [0.2, 0.25) is 0 Å². The van der Waals surface area contributed by atoms with Gasteiger partial charge in [0.15, 0.2) is 0 Å². The molecule has 0 amide bonds. The van der Waals surface area contributed by atoms with Crippen LogP contribution in [0, 0.1) is 5.41 Å². The molecule has 13 heavy (non-hydrogen) atoms. The Kier molecular flexibility index (Phi) is 3.29. The monoisotopic (exact) mass is 182 g/mol. The summed E-state index contributed by atoms with van der Waals surface area (Å²) in [5.74, 6) is -0.0469.